The first-order valence-corrected chi connectivity index (χ1v) is 7.44. The smallest absolute Gasteiger partial charge is 0.240 e. The van der Waals surface area contributed by atoms with E-state index in [9.17, 15) is 0 Å². The third-order valence-corrected chi connectivity index (χ3v) is 4.48. The first kappa shape index (κ1) is 14.1. The van der Waals surface area contributed by atoms with Gasteiger partial charge in [-0.2, -0.15) is 4.98 Å². The van der Waals surface area contributed by atoms with Crippen molar-refractivity contribution in [1.82, 2.24) is 20.4 Å². The number of aromatic nitrogens is 3. The summed E-state index contributed by atoms with van der Waals surface area (Å²) < 4.78 is 5.20. The Bertz CT molecular complexity index is 536. The minimum Gasteiger partial charge on any atom is -0.338 e. The average Bonchev–Trinajstić information content (AvgIpc) is 3.05. The van der Waals surface area contributed by atoms with Gasteiger partial charge in [-0.1, -0.05) is 19.0 Å². The Kier molecular flexibility index (Phi) is 4.31. The van der Waals surface area contributed by atoms with E-state index in [4.69, 9.17) is 4.52 Å². The highest BCUT2D eigenvalue weighted by Gasteiger charge is 2.27. The highest BCUT2D eigenvalue weighted by Crippen LogP contribution is 2.27. The number of hydrogen-bond acceptors (Lipinski definition) is 6. The Labute approximate surface area is 117 Å². The molecule has 0 aromatic carbocycles. The molecule has 2 aromatic rings. The van der Waals surface area contributed by atoms with Gasteiger partial charge in [0.05, 0.1) is 12.1 Å². The zero-order chi connectivity index (χ0) is 13.9. The van der Waals surface area contributed by atoms with Crippen LogP contribution in [0.25, 0.3) is 0 Å². The summed E-state index contributed by atoms with van der Waals surface area (Å²) in [7, 11) is 0. The van der Waals surface area contributed by atoms with Crippen LogP contribution in [0.5, 0.6) is 0 Å². The fourth-order valence-electron chi connectivity index (χ4n) is 1.74. The molecule has 2 rings (SSSR count). The van der Waals surface area contributed by atoms with Crippen molar-refractivity contribution in [2.45, 2.75) is 52.6 Å². The minimum absolute atomic E-state index is 0.153. The van der Waals surface area contributed by atoms with E-state index in [1.54, 1.807) is 11.3 Å². The van der Waals surface area contributed by atoms with Gasteiger partial charge in [-0.05, 0) is 20.3 Å². The predicted molar refractivity (Wildman–Crippen MR) is 75.0 cm³/mol. The van der Waals surface area contributed by atoms with E-state index >= 15 is 0 Å². The molecule has 19 heavy (non-hydrogen) atoms. The minimum atomic E-state index is -0.153. The fraction of sp³-hybridized carbons (Fsp3) is 0.615. The van der Waals surface area contributed by atoms with E-state index in [2.05, 4.69) is 39.7 Å². The molecule has 0 aliphatic carbocycles. The number of rotatable bonds is 6. The largest absolute Gasteiger partial charge is 0.338 e. The van der Waals surface area contributed by atoms with Crippen LogP contribution in [0, 0.1) is 6.92 Å². The van der Waals surface area contributed by atoms with Crippen molar-refractivity contribution in [3.05, 3.63) is 27.8 Å². The maximum atomic E-state index is 5.20. The van der Waals surface area contributed by atoms with Gasteiger partial charge >= 0.3 is 0 Å². The third kappa shape index (κ3) is 3.19. The Balaban J connectivity index is 2.06. The molecule has 0 bridgehead atoms. The molecule has 2 heterocycles. The SMILES string of the molecule is CCc1noc(CN[C@](C)(CC)c2nc(C)cs2)n1. The van der Waals surface area contributed by atoms with Crippen LogP contribution in [0.2, 0.25) is 0 Å². The number of nitrogens with zero attached hydrogens (tertiary/aromatic N) is 3. The standard InChI is InChI=1S/C13H20N4OS/c1-5-10-16-11(18-17-10)7-14-13(4,6-2)12-15-9(3)8-19-12/h8,14H,5-7H2,1-4H3/t13-/m1/s1. The summed E-state index contributed by atoms with van der Waals surface area (Å²) in [4.78, 5) is 8.88. The Morgan fingerprint density at radius 3 is 2.68 bits per heavy atom. The van der Waals surface area contributed by atoms with Crippen LogP contribution >= 0.6 is 11.3 Å². The Morgan fingerprint density at radius 1 is 1.37 bits per heavy atom. The molecule has 6 heteroatoms. The van der Waals surface area contributed by atoms with Crippen molar-refractivity contribution in [3.63, 3.8) is 0 Å². The van der Waals surface area contributed by atoms with E-state index in [0.717, 1.165) is 29.4 Å². The van der Waals surface area contributed by atoms with E-state index in [1.165, 1.54) is 0 Å². The van der Waals surface area contributed by atoms with Crippen LogP contribution < -0.4 is 5.32 Å². The van der Waals surface area contributed by atoms with Crippen LogP contribution in [-0.4, -0.2) is 15.1 Å². The van der Waals surface area contributed by atoms with E-state index < -0.39 is 0 Å². The molecule has 0 aliphatic heterocycles. The second-order valence-corrected chi connectivity index (χ2v) is 5.65. The molecule has 0 fully saturated rings. The quantitative estimate of drug-likeness (QED) is 0.881. The molecular formula is C13H20N4OS. The molecule has 1 atom stereocenters. The number of hydrogen-bond donors (Lipinski definition) is 1. The van der Waals surface area contributed by atoms with E-state index in [1.807, 2.05) is 13.8 Å². The van der Waals surface area contributed by atoms with Gasteiger partial charge in [-0.25, -0.2) is 4.98 Å². The third-order valence-electron chi connectivity index (χ3n) is 3.25. The van der Waals surface area contributed by atoms with Gasteiger partial charge in [0.1, 0.15) is 5.01 Å². The molecule has 0 radical (unpaired) electrons. The molecule has 0 spiro atoms. The van der Waals surface area contributed by atoms with Crippen LogP contribution in [0.15, 0.2) is 9.90 Å². The highest BCUT2D eigenvalue weighted by molar-refractivity contribution is 7.09. The second kappa shape index (κ2) is 5.79. The number of thiazole rings is 1. The van der Waals surface area contributed by atoms with Crippen LogP contribution in [0.3, 0.4) is 0 Å². The van der Waals surface area contributed by atoms with E-state index in [0.29, 0.717) is 12.4 Å². The summed E-state index contributed by atoms with van der Waals surface area (Å²) in [5.74, 6) is 1.38. The van der Waals surface area contributed by atoms with E-state index in [-0.39, 0.29) is 5.54 Å². The zero-order valence-corrected chi connectivity index (χ0v) is 12.7. The molecular weight excluding hydrogens is 260 g/mol. The first-order valence-electron chi connectivity index (χ1n) is 6.56. The number of aryl methyl sites for hydroxylation is 2. The molecule has 0 amide bonds. The van der Waals surface area contributed by atoms with Crippen molar-refractivity contribution < 1.29 is 4.52 Å². The maximum absolute atomic E-state index is 5.20. The lowest BCUT2D eigenvalue weighted by molar-refractivity contribution is 0.304. The second-order valence-electron chi connectivity index (χ2n) is 4.79. The molecule has 0 saturated heterocycles. The molecule has 0 saturated carbocycles. The monoisotopic (exact) mass is 280 g/mol. The van der Waals surface area contributed by atoms with Gasteiger partial charge < -0.3 is 4.52 Å². The average molecular weight is 280 g/mol. The summed E-state index contributed by atoms with van der Waals surface area (Å²) in [6.07, 6.45) is 1.74. The highest BCUT2D eigenvalue weighted by atomic mass is 32.1. The summed E-state index contributed by atoms with van der Waals surface area (Å²) in [6, 6.07) is 0. The zero-order valence-electron chi connectivity index (χ0n) is 11.9. The normalized spacial score (nSPS) is 14.5. The lowest BCUT2D eigenvalue weighted by Crippen LogP contribution is -2.38. The summed E-state index contributed by atoms with van der Waals surface area (Å²) in [5.41, 5.74) is 0.910. The topological polar surface area (TPSA) is 63.8 Å². The van der Waals surface area contributed by atoms with Crippen molar-refractivity contribution in [3.8, 4) is 0 Å². The van der Waals surface area contributed by atoms with Gasteiger partial charge in [-0.15, -0.1) is 11.3 Å². The van der Waals surface area contributed by atoms with Crippen molar-refractivity contribution >= 4 is 11.3 Å². The van der Waals surface area contributed by atoms with Gasteiger partial charge in [0.25, 0.3) is 0 Å². The number of nitrogens with one attached hydrogen (secondary N) is 1. The molecule has 104 valence electrons. The lowest BCUT2D eigenvalue weighted by Gasteiger charge is -2.26. The van der Waals surface area contributed by atoms with Crippen molar-refractivity contribution in [2.75, 3.05) is 0 Å². The lowest BCUT2D eigenvalue weighted by atomic mass is 10.00. The van der Waals surface area contributed by atoms with Gasteiger partial charge in [0, 0.05) is 17.5 Å². The molecule has 5 nitrogen and oxygen atoms in total. The first-order chi connectivity index (χ1) is 9.07. The van der Waals surface area contributed by atoms with Crippen molar-refractivity contribution in [2.24, 2.45) is 0 Å². The van der Waals surface area contributed by atoms with Crippen LogP contribution in [0.1, 0.15) is 49.6 Å². The van der Waals surface area contributed by atoms with Crippen molar-refractivity contribution in [1.29, 1.82) is 0 Å². The molecule has 0 aliphatic rings. The molecule has 0 unspecified atom stereocenters. The van der Waals surface area contributed by atoms with Crippen LogP contribution in [-0.2, 0) is 18.5 Å². The predicted octanol–water partition coefficient (Wildman–Crippen LogP) is 2.81. The Hall–Kier alpha value is -1.27. The van der Waals surface area contributed by atoms with Gasteiger partial charge in [-0.3, -0.25) is 5.32 Å². The fourth-order valence-corrected chi connectivity index (χ4v) is 2.74. The summed E-state index contributed by atoms with van der Waals surface area (Å²) >= 11 is 1.69. The van der Waals surface area contributed by atoms with Crippen LogP contribution in [0.4, 0.5) is 0 Å². The summed E-state index contributed by atoms with van der Waals surface area (Å²) in [5, 5.41) is 10.6. The Morgan fingerprint density at radius 2 is 2.16 bits per heavy atom. The maximum Gasteiger partial charge on any atom is 0.240 e. The summed E-state index contributed by atoms with van der Waals surface area (Å²) in [6.45, 7) is 8.89. The van der Waals surface area contributed by atoms with Gasteiger partial charge in [0.15, 0.2) is 5.82 Å². The molecule has 2 aromatic heterocycles. The molecule has 1 N–H and O–H groups in total. The van der Waals surface area contributed by atoms with Gasteiger partial charge in [0.2, 0.25) is 5.89 Å².